The molecule has 4 heteroatoms. The number of ether oxygens (including phenoxy) is 1. The van der Waals surface area contributed by atoms with Crippen LogP contribution in [0.4, 0.5) is 0 Å². The largest absolute Gasteiger partial charge is 0.389 e. The molecule has 1 fully saturated rings. The van der Waals surface area contributed by atoms with Crippen LogP contribution in [0.1, 0.15) is 13.3 Å². The van der Waals surface area contributed by atoms with E-state index < -0.39 is 5.60 Å². The summed E-state index contributed by atoms with van der Waals surface area (Å²) in [6.45, 7) is 5.84. The van der Waals surface area contributed by atoms with E-state index in [0.29, 0.717) is 19.1 Å². The monoisotopic (exact) mass is 207 g/mol. The Kier molecular flexibility index (Phi) is 4.46. The summed E-state index contributed by atoms with van der Waals surface area (Å²) in [7, 11) is 0. The number of rotatable bonds is 5. The van der Waals surface area contributed by atoms with Gasteiger partial charge in [-0.15, -0.1) is 11.6 Å². The van der Waals surface area contributed by atoms with Crippen LogP contribution in [0.2, 0.25) is 0 Å². The predicted octanol–water partition coefficient (Wildman–Crippen LogP) is 0.698. The van der Waals surface area contributed by atoms with Crippen molar-refractivity contribution in [2.45, 2.75) is 18.9 Å². The molecule has 1 atom stereocenters. The minimum Gasteiger partial charge on any atom is -0.389 e. The Hall–Kier alpha value is 0.170. The second-order valence-corrected chi connectivity index (χ2v) is 4.20. The average Bonchev–Trinajstić information content (AvgIpc) is 2.40. The molecular formula is C9H18ClNO2. The van der Waals surface area contributed by atoms with Crippen molar-refractivity contribution in [1.82, 2.24) is 4.90 Å². The smallest absolute Gasteiger partial charge is 0.0758 e. The molecule has 0 spiro atoms. The van der Waals surface area contributed by atoms with E-state index in [1.54, 1.807) is 0 Å². The lowest BCUT2D eigenvalue weighted by Gasteiger charge is -2.18. The van der Waals surface area contributed by atoms with Crippen molar-refractivity contribution in [3.63, 3.8) is 0 Å². The number of halogens is 1. The number of β-amino-alcohol motifs (C(OH)–C–C–N with tert-alkyl or cyclic N) is 1. The number of hydrogen-bond donors (Lipinski definition) is 1. The van der Waals surface area contributed by atoms with Crippen LogP contribution in [-0.2, 0) is 4.74 Å². The van der Waals surface area contributed by atoms with Crippen LogP contribution < -0.4 is 0 Å². The average molecular weight is 208 g/mol. The first-order valence-electron chi connectivity index (χ1n) is 4.72. The van der Waals surface area contributed by atoms with Crippen LogP contribution in [0.5, 0.6) is 0 Å². The second-order valence-electron chi connectivity index (χ2n) is 3.82. The molecule has 0 aromatic rings. The van der Waals surface area contributed by atoms with Gasteiger partial charge in [0.05, 0.1) is 18.8 Å². The van der Waals surface area contributed by atoms with Gasteiger partial charge in [0.25, 0.3) is 0 Å². The molecule has 1 aliphatic rings. The quantitative estimate of drug-likeness (QED) is 0.532. The zero-order chi connectivity index (χ0) is 9.73. The SMILES string of the molecule is CC1(O)CCN(CCOCCCl)C1. The van der Waals surface area contributed by atoms with E-state index in [-0.39, 0.29) is 0 Å². The van der Waals surface area contributed by atoms with Gasteiger partial charge in [-0.05, 0) is 13.3 Å². The van der Waals surface area contributed by atoms with Crippen molar-refractivity contribution in [3.8, 4) is 0 Å². The second kappa shape index (κ2) is 5.15. The lowest BCUT2D eigenvalue weighted by atomic mass is 10.1. The fourth-order valence-electron chi connectivity index (χ4n) is 1.58. The highest BCUT2D eigenvalue weighted by molar-refractivity contribution is 6.17. The van der Waals surface area contributed by atoms with Crippen molar-refractivity contribution in [1.29, 1.82) is 0 Å². The Labute approximate surface area is 84.6 Å². The van der Waals surface area contributed by atoms with Crippen LogP contribution in [0.3, 0.4) is 0 Å². The van der Waals surface area contributed by atoms with E-state index in [9.17, 15) is 5.11 Å². The Balaban J connectivity index is 2.04. The first kappa shape index (κ1) is 11.2. The van der Waals surface area contributed by atoms with Gasteiger partial charge in [0.2, 0.25) is 0 Å². The Morgan fingerprint density at radius 1 is 1.54 bits per heavy atom. The van der Waals surface area contributed by atoms with Gasteiger partial charge in [-0.25, -0.2) is 0 Å². The maximum absolute atomic E-state index is 9.66. The zero-order valence-electron chi connectivity index (χ0n) is 8.13. The van der Waals surface area contributed by atoms with E-state index in [2.05, 4.69) is 4.90 Å². The lowest BCUT2D eigenvalue weighted by Crippen LogP contribution is -2.31. The standard InChI is InChI=1S/C9H18ClNO2/c1-9(12)2-4-11(8-9)5-7-13-6-3-10/h12H,2-8H2,1H3. The van der Waals surface area contributed by atoms with Gasteiger partial charge in [0.1, 0.15) is 0 Å². The molecule has 13 heavy (non-hydrogen) atoms. The Morgan fingerprint density at radius 3 is 2.85 bits per heavy atom. The minimum absolute atomic E-state index is 0.494. The summed E-state index contributed by atoms with van der Waals surface area (Å²) in [5.74, 6) is 0.553. The van der Waals surface area contributed by atoms with Crippen molar-refractivity contribution < 1.29 is 9.84 Å². The van der Waals surface area contributed by atoms with Gasteiger partial charge in [-0.3, -0.25) is 4.90 Å². The zero-order valence-corrected chi connectivity index (χ0v) is 8.89. The third kappa shape index (κ3) is 4.27. The van der Waals surface area contributed by atoms with E-state index in [1.807, 2.05) is 6.92 Å². The van der Waals surface area contributed by atoms with E-state index in [1.165, 1.54) is 0 Å². The van der Waals surface area contributed by atoms with Crippen molar-refractivity contribution in [2.75, 3.05) is 38.7 Å². The van der Waals surface area contributed by atoms with Crippen LogP contribution >= 0.6 is 11.6 Å². The highest BCUT2D eigenvalue weighted by Crippen LogP contribution is 2.19. The topological polar surface area (TPSA) is 32.7 Å². The molecule has 0 aromatic heterocycles. The number of alkyl halides is 1. The molecule has 78 valence electrons. The lowest BCUT2D eigenvalue weighted by molar-refractivity contribution is 0.0615. The predicted molar refractivity (Wildman–Crippen MR) is 53.2 cm³/mol. The van der Waals surface area contributed by atoms with Crippen LogP contribution in [0.25, 0.3) is 0 Å². The van der Waals surface area contributed by atoms with Gasteiger partial charge < -0.3 is 9.84 Å². The van der Waals surface area contributed by atoms with Crippen LogP contribution in [-0.4, -0.2) is 54.3 Å². The molecule has 1 heterocycles. The fourth-order valence-corrected chi connectivity index (χ4v) is 1.69. The molecule has 0 aliphatic carbocycles. The van der Waals surface area contributed by atoms with Gasteiger partial charge >= 0.3 is 0 Å². The highest BCUT2D eigenvalue weighted by Gasteiger charge is 2.30. The van der Waals surface area contributed by atoms with E-state index in [0.717, 1.165) is 26.1 Å². The van der Waals surface area contributed by atoms with Crippen molar-refractivity contribution in [2.24, 2.45) is 0 Å². The Morgan fingerprint density at radius 2 is 2.31 bits per heavy atom. The third-order valence-electron chi connectivity index (χ3n) is 2.30. The summed E-state index contributed by atoms with van der Waals surface area (Å²) in [4.78, 5) is 2.22. The first-order valence-corrected chi connectivity index (χ1v) is 5.26. The maximum Gasteiger partial charge on any atom is 0.0758 e. The molecule has 1 aliphatic heterocycles. The summed E-state index contributed by atoms with van der Waals surface area (Å²) in [6.07, 6.45) is 0.864. The molecule has 3 nitrogen and oxygen atoms in total. The van der Waals surface area contributed by atoms with Crippen molar-refractivity contribution >= 4 is 11.6 Å². The number of aliphatic hydroxyl groups is 1. The first-order chi connectivity index (χ1) is 6.14. The molecular weight excluding hydrogens is 190 g/mol. The van der Waals surface area contributed by atoms with Gasteiger partial charge in [-0.2, -0.15) is 0 Å². The van der Waals surface area contributed by atoms with Gasteiger partial charge in [-0.1, -0.05) is 0 Å². The normalized spacial score (nSPS) is 29.8. The molecule has 1 unspecified atom stereocenters. The summed E-state index contributed by atoms with van der Waals surface area (Å²) in [5, 5.41) is 9.66. The molecule has 1 saturated heterocycles. The highest BCUT2D eigenvalue weighted by atomic mass is 35.5. The number of nitrogens with zero attached hydrogens (tertiary/aromatic N) is 1. The summed E-state index contributed by atoms with van der Waals surface area (Å²) >= 11 is 5.46. The fraction of sp³-hybridized carbons (Fsp3) is 1.00. The molecule has 1 N–H and O–H groups in total. The molecule has 0 amide bonds. The molecule has 0 saturated carbocycles. The Bertz CT molecular complexity index is 153. The summed E-state index contributed by atoms with van der Waals surface area (Å²) < 4.78 is 5.26. The molecule has 1 rings (SSSR count). The molecule has 0 bridgehead atoms. The number of likely N-dealkylation sites (tertiary alicyclic amines) is 1. The van der Waals surface area contributed by atoms with E-state index in [4.69, 9.17) is 16.3 Å². The minimum atomic E-state index is -0.494. The van der Waals surface area contributed by atoms with Crippen molar-refractivity contribution in [3.05, 3.63) is 0 Å². The number of hydrogen-bond acceptors (Lipinski definition) is 3. The summed E-state index contributed by atoms with van der Waals surface area (Å²) in [6, 6.07) is 0. The van der Waals surface area contributed by atoms with Crippen LogP contribution in [0, 0.1) is 0 Å². The van der Waals surface area contributed by atoms with Crippen LogP contribution in [0.15, 0.2) is 0 Å². The maximum atomic E-state index is 9.66. The van der Waals surface area contributed by atoms with E-state index >= 15 is 0 Å². The summed E-state index contributed by atoms with van der Waals surface area (Å²) in [5.41, 5.74) is -0.494. The molecule has 0 radical (unpaired) electrons. The van der Waals surface area contributed by atoms with Gasteiger partial charge in [0.15, 0.2) is 0 Å². The molecule has 0 aromatic carbocycles. The van der Waals surface area contributed by atoms with Gasteiger partial charge in [0, 0.05) is 25.5 Å². The third-order valence-corrected chi connectivity index (χ3v) is 2.46.